The summed E-state index contributed by atoms with van der Waals surface area (Å²) in [7, 11) is 0. The zero-order valence-corrected chi connectivity index (χ0v) is 11.5. The molecule has 0 unspecified atom stereocenters. The van der Waals surface area contributed by atoms with Gasteiger partial charge in [0.25, 0.3) is 0 Å². The first kappa shape index (κ1) is 10.5. The van der Waals surface area contributed by atoms with Gasteiger partial charge in [-0.05, 0) is 45.8 Å². The van der Waals surface area contributed by atoms with Crippen LogP contribution in [-0.2, 0) is 0 Å². The van der Waals surface area contributed by atoms with Gasteiger partial charge in [0.05, 0.1) is 4.01 Å². The Kier molecular flexibility index (Phi) is 3.06. The van der Waals surface area contributed by atoms with Crippen LogP contribution in [0.1, 0.15) is 0 Å². The summed E-state index contributed by atoms with van der Waals surface area (Å²) in [5, 5.41) is 9.89. The van der Waals surface area contributed by atoms with Crippen LogP contribution < -0.4 is 0 Å². The first-order chi connectivity index (χ1) is 7.93. The summed E-state index contributed by atoms with van der Waals surface area (Å²) in [5.74, 6) is 0. The molecule has 80 valence electrons. The molecule has 4 heteroatoms. The maximum Gasteiger partial charge on any atom is 0.0864 e. The third kappa shape index (κ3) is 2.06. The van der Waals surface area contributed by atoms with Crippen molar-refractivity contribution in [3.05, 3.63) is 45.8 Å². The number of thiophene rings is 4. The molecule has 4 heterocycles. The summed E-state index contributed by atoms with van der Waals surface area (Å²) >= 11 is 7.23. The second kappa shape index (κ2) is 4.67. The largest absolute Gasteiger partial charge is 0.143 e. The molecule has 4 rings (SSSR count). The van der Waals surface area contributed by atoms with E-state index >= 15 is 0 Å². The molecule has 0 aromatic carbocycles. The van der Waals surface area contributed by atoms with E-state index in [1.807, 2.05) is 22.7 Å². The van der Waals surface area contributed by atoms with E-state index in [1.54, 1.807) is 22.7 Å². The van der Waals surface area contributed by atoms with Crippen molar-refractivity contribution in [2.75, 3.05) is 0 Å². The first-order valence-electron chi connectivity index (χ1n) is 4.75. The predicted octanol–water partition coefficient (Wildman–Crippen LogP) is 5.93. The van der Waals surface area contributed by atoms with Gasteiger partial charge in [-0.1, -0.05) is 0 Å². The monoisotopic (exact) mass is 280 g/mol. The minimum absolute atomic E-state index is 1.39. The van der Waals surface area contributed by atoms with E-state index in [0.717, 1.165) is 0 Å². The van der Waals surface area contributed by atoms with Crippen LogP contribution in [0.2, 0.25) is 0 Å². The van der Waals surface area contributed by atoms with Crippen molar-refractivity contribution in [2.45, 2.75) is 0 Å². The molecule has 0 aliphatic carbocycles. The average Bonchev–Trinajstić information content (AvgIpc) is 2.99. The van der Waals surface area contributed by atoms with Crippen molar-refractivity contribution in [2.24, 2.45) is 0 Å². The molecule has 4 aromatic heterocycles. The average molecular weight is 280 g/mol. The second-order valence-electron chi connectivity index (χ2n) is 3.15. The summed E-state index contributed by atoms with van der Waals surface area (Å²) < 4.78 is 4.26. The van der Waals surface area contributed by atoms with Crippen molar-refractivity contribution in [1.82, 2.24) is 0 Å². The van der Waals surface area contributed by atoms with Crippen LogP contribution in [0.25, 0.3) is 18.8 Å². The smallest absolute Gasteiger partial charge is 0.0864 e. The molecule has 0 nitrogen and oxygen atoms in total. The maximum atomic E-state index is 2.16. The van der Waals surface area contributed by atoms with Crippen LogP contribution in [0, 0.1) is 0 Å². The van der Waals surface area contributed by atoms with Crippen molar-refractivity contribution >= 4 is 64.1 Å². The molecular formula is C12H8S4. The highest BCUT2D eigenvalue weighted by Crippen LogP contribution is 2.26. The van der Waals surface area contributed by atoms with E-state index in [-0.39, 0.29) is 0 Å². The fourth-order valence-corrected chi connectivity index (χ4v) is 4.99. The first-order valence-corrected chi connectivity index (χ1v) is 8.27. The highest BCUT2D eigenvalue weighted by molar-refractivity contribution is 7.36. The Balaban J connectivity index is 0.000000101. The molecule has 0 saturated carbocycles. The van der Waals surface area contributed by atoms with Crippen LogP contribution in [0.3, 0.4) is 0 Å². The quantitative estimate of drug-likeness (QED) is 0.375. The van der Waals surface area contributed by atoms with Gasteiger partial charge < -0.3 is 0 Å². The van der Waals surface area contributed by atoms with Crippen molar-refractivity contribution in [1.29, 1.82) is 0 Å². The molecule has 0 amide bonds. The van der Waals surface area contributed by atoms with Crippen LogP contribution in [-0.4, -0.2) is 0 Å². The van der Waals surface area contributed by atoms with Crippen LogP contribution in [0.5, 0.6) is 0 Å². The van der Waals surface area contributed by atoms with E-state index in [1.165, 1.54) is 18.8 Å². The third-order valence-corrected chi connectivity index (χ3v) is 6.07. The number of rotatable bonds is 0. The lowest BCUT2D eigenvalue weighted by molar-refractivity contribution is 2.11. The lowest BCUT2D eigenvalue weighted by Gasteiger charge is -1.63. The van der Waals surface area contributed by atoms with Gasteiger partial charge >= 0.3 is 0 Å². The normalized spacial score (nSPS) is 10.5. The molecular weight excluding hydrogens is 272 g/mol. The lowest BCUT2D eigenvalue weighted by atomic mass is 10.4. The molecule has 0 spiro atoms. The Hall–Kier alpha value is -0.680. The molecule has 0 aliphatic rings. The highest BCUT2D eigenvalue weighted by Gasteiger charge is 1.91. The third-order valence-electron chi connectivity index (χ3n) is 2.15. The molecule has 0 radical (unpaired) electrons. The zero-order chi connectivity index (χ0) is 10.8. The number of hydrogen-bond acceptors (Lipinski definition) is 4. The van der Waals surface area contributed by atoms with E-state index in [2.05, 4.69) is 45.8 Å². The van der Waals surface area contributed by atoms with Crippen molar-refractivity contribution in [3.63, 3.8) is 0 Å². The minimum Gasteiger partial charge on any atom is -0.143 e. The van der Waals surface area contributed by atoms with Gasteiger partial charge in [0.1, 0.15) is 0 Å². The Morgan fingerprint density at radius 1 is 0.562 bits per heavy atom. The number of hydrogen-bond donors (Lipinski definition) is 0. The summed E-state index contributed by atoms with van der Waals surface area (Å²) in [6.07, 6.45) is 0. The van der Waals surface area contributed by atoms with Crippen LogP contribution in [0.4, 0.5) is 0 Å². The predicted molar refractivity (Wildman–Crippen MR) is 79.4 cm³/mol. The van der Waals surface area contributed by atoms with Gasteiger partial charge in [0.2, 0.25) is 0 Å². The molecule has 0 aliphatic heterocycles. The van der Waals surface area contributed by atoms with Crippen molar-refractivity contribution < 1.29 is 0 Å². The second-order valence-corrected chi connectivity index (χ2v) is 7.14. The van der Waals surface area contributed by atoms with Crippen LogP contribution in [0.15, 0.2) is 45.8 Å². The fraction of sp³-hybridized carbons (Fsp3) is 0. The summed E-state index contributed by atoms with van der Waals surface area (Å²) in [6.45, 7) is 0. The van der Waals surface area contributed by atoms with Gasteiger partial charge in [0.15, 0.2) is 0 Å². The molecule has 0 saturated heterocycles. The Morgan fingerprint density at radius 3 is 1.56 bits per heavy atom. The van der Waals surface area contributed by atoms with Crippen LogP contribution >= 0.6 is 45.3 Å². The molecule has 16 heavy (non-hydrogen) atoms. The highest BCUT2D eigenvalue weighted by atomic mass is 32.2. The van der Waals surface area contributed by atoms with Gasteiger partial charge in [-0.15, -0.1) is 45.3 Å². The van der Waals surface area contributed by atoms with E-state index in [4.69, 9.17) is 0 Å². The molecule has 0 N–H and O–H groups in total. The SMILES string of the molecule is c1cc2ccsc2s1.c1cc2sccc2s1. The summed E-state index contributed by atoms with van der Waals surface area (Å²) in [6, 6.07) is 8.61. The summed E-state index contributed by atoms with van der Waals surface area (Å²) in [4.78, 5) is 0. The van der Waals surface area contributed by atoms with Crippen molar-refractivity contribution in [3.8, 4) is 0 Å². The van der Waals surface area contributed by atoms with Gasteiger partial charge in [-0.3, -0.25) is 0 Å². The fourth-order valence-electron chi connectivity index (χ4n) is 1.39. The minimum atomic E-state index is 1.39. The molecule has 0 fully saturated rings. The van der Waals surface area contributed by atoms with Gasteiger partial charge in [0, 0.05) is 14.8 Å². The molecule has 4 aromatic rings. The zero-order valence-electron chi connectivity index (χ0n) is 8.25. The van der Waals surface area contributed by atoms with Gasteiger partial charge in [-0.2, -0.15) is 0 Å². The Bertz CT molecular complexity index is 516. The molecule has 0 atom stereocenters. The molecule has 0 bridgehead atoms. The Morgan fingerprint density at radius 2 is 1.06 bits per heavy atom. The summed E-state index contributed by atoms with van der Waals surface area (Å²) in [5.41, 5.74) is 0. The Labute approximate surface area is 109 Å². The maximum absolute atomic E-state index is 2.16. The topological polar surface area (TPSA) is 0 Å². The van der Waals surface area contributed by atoms with E-state index < -0.39 is 0 Å². The van der Waals surface area contributed by atoms with E-state index in [9.17, 15) is 0 Å². The lowest BCUT2D eigenvalue weighted by Crippen LogP contribution is -1.36. The number of fused-ring (bicyclic) bond motifs is 2. The standard InChI is InChI=1S/2C6H4S2/c1-3-7-6-2-4-8-5(1)6;1-3-7-6-5(1)2-4-8-6/h2*1-4H. The van der Waals surface area contributed by atoms with Gasteiger partial charge in [-0.25, -0.2) is 0 Å². The van der Waals surface area contributed by atoms with E-state index in [0.29, 0.717) is 0 Å².